The first-order valence-electron chi connectivity index (χ1n) is 12.5. The first kappa shape index (κ1) is 25.5. The van der Waals surface area contributed by atoms with Crippen LogP contribution in [0.15, 0.2) is 41.3 Å². The molecule has 0 unspecified atom stereocenters. The van der Waals surface area contributed by atoms with E-state index in [4.69, 9.17) is 14.2 Å². The van der Waals surface area contributed by atoms with Gasteiger partial charge in [0, 0.05) is 19.3 Å². The average molecular weight is 502 g/mol. The van der Waals surface area contributed by atoms with E-state index in [0.717, 1.165) is 43.4 Å². The van der Waals surface area contributed by atoms with Crippen molar-refractivity contribution in [2.45, 2.75) is 63.3 Å². The number of methoxy groups -OCH3 is 1. The molecule has 4 rings (SSSR count). The van der Waals surface area contributed by atoms with Crippen LogP contribution in [0.3, 0.4) is 0 Å². The number of sulfonamides is 1. The van der Waals surface area contributed by atoms with Crippen LogP contribution in [0.25, 0.3) is 0 Å². The smallest absolute Gasteiger partial charge is 0.341 e. The van der Waals surface area contributed by atoms with Gasteiger partial charge in [-0.1, -0.05) is 26.0 Å². The Kier molecular flexibility index (Phi) is 8.02. The molecule has 0 N–H and O–H groups in total. The van der Waals surface area contributed by atoms with E-state index in [9.17, 15) is 13.2 Å². The molecule has 190 valence electrons. The van der Waals surface area contributed by atoms with Crippen LogP contribution in [0, 0.1) is 5.92 Å². The molecule has 2 aliphatic rings. The van der Waals surface area contributed by atoms with E-state index in [2.05, 4.69) is 13.0 Å². The third-order valence-corrected chi connectivity index (χ3v) is 8.93. The summed E-state index contributed by atoms with van der Waals surface area (Å²) >= 11 is 0. The fourth-order valence-electron chi connectivity index (χ4n) is 4.90. The number of carbonyl (C=O) groups excluding carboxylic acids is 1. The van der Waals surface area contributed by atoms with Crippen LogP contribution in [0.4, 0.5) is 5.69 Å². The van der Waals surface area contributed by atoms with E-state index in [1.54, 1.807) is 10.4 Å². The maximum absolute atomic E-state index is 14.0. The van der Waals surface area contributed by atoms with Gasteiger partial charge < -0.3 is 14.2 Å². The molecule has 1 atom stereocenters. The molecule has 0 saturated carbocycles. The van der Waals surface area contributed by atoms with E-state index in [1.807, 2.05) is 19.1 Å². The lowest BCUT2D eigenvalue weighted by Gasteiger charge is -2.37. The van der Waals surface area contributed by atoms with Gasteiger partial charge in [0.15, 0.2) is 0 Å². The molecule has 8 heteroatoms. The number of carbonyl (C=O) groups is 1. The van der Waals surface area contributed by atoms with Crippen LogP contribution >= 0.6 is 0 Å². The third kappa shape index (κ3) is 5.33. The van der Waals surface area contributed by atoms with E-state index in [-0.39, 0.29) is 16.5 Å². The SMILES string of the molecule is CCc1ccc2c(c1)CC[C@H](CC)N2S(=O)(=O)c1ccc(OCC2CCOCC2)c(C(=O)OC)c1. The molecular formula is C27H35NO6S. The molecule has 2 heterocycles. The van der Waals surface area contributed by atoms with Gasteiger partial charge >= 0.3 is 5.97 Å². The first-order valence-corrected chi connectivity index (χ1v) is 13.9. The molecule has 0 spiro atoms. The monoisotopic (exact) mass is 501 g/mol. The van der Waals surface area contributed by atoms with Gasteiger partial charge in [0.2, 0.25) is 0 Å². The molecule has 0 aliphatic carbocycles. The molecule has 0 amide bonds. The number of esters is 1. The second-order valence-corrected chi connectivity index (χ2v) is 11.0. The molecule has 1 fully saturated rings. The lowest BCUT2D eigenvalue weighted by atomic mass is 9.94. The second kappa shape index (κ2) is 11.0. The normalized spacial score (nSPS) is 18.7. The molecule has 0 radical (unpaired) electrons. The molecule has 0 aromatic heterocycles. The Bertz CT molecular complexity index is 1160. The summed E-state index contributed by atoms with van der Waals surface area (Å²) in [6.45, 7) is 5.94. The third-order valence-electron chi connectivity index (χ3n) is 7.07. The van der Waals surface area contributed by atoms with E-state index < -0.39 is 16.0 Å². The van der Waals surface area contributed by atoms with Gasteiger partial charge in [0.1, 0.15) is 11.3 Å². The Morgan fingerprint density at radius 3 is 2.54 bits per heavy atom. The van der Waals surface area contributed by atoms with Gasteiger partial charge in [-0.25, -0.2) is 13.2 Å². The highest BCUT2D eigenvalue weighted by molar-refractivity contribution is 7.92. The van der Waals surface area contributed by atoms with Crippen molar-refractivity contribution in [1.29, 1.82) is 0 Å². The van der Waals surface area contributed by atoms with Gasteiger partial charge in [-0.2, -0.15) is 0 Å². The molecular weight excluding hydrogens is 466 g/mol. The lowest BCUT2D eigenvalue weighted by Crippen LogP contribution is -2.43. The summed E-state index contributed by atoms with van der Waals surface area (Å²) in [7, 11) is -2.64. The first-order chi connectivity index (χ1) is 16.9. The molecule has 2 aromatic carbocycles. The molecule has 7 nitrogen and oxygen atoms in total. The zero-order valence-corrected chi connectivity index (χ0v) is 21.6. The van der Waals surface area contributed by atoms with Gasteiger partial charge in [-0.15, -0.1) is 0 Å². The number of hydrogen-bond donors (Lipinski definition) is 0. The Morgan fingerprint density at radius 1 is 1.09 bits per heavy atom. The quantitative estimate of drug-likeness (QED) is 0.485. The molecule has 2 aliphatic heterocycles. The van der Waals surface area contributed by atoms with Gasteiger partial charge in [0.25, 0.3) is 10.0 Å². The minimum Gasteiger partial charge on any atom is -0.492 e. The molecule has 35 heavy (non-hydrogen) atoms. The predicted octanol–water partition coefficient (Wildman–Crippen LogP) is 4.76. The van der Waals surface area contributed by atoms with Crippen LogP contribution < -0.4 is 9.04 Å². The van der Waals surface area contributed by atoms with Crippen molar-refractivity contribution in [2.24, 2.45) is 5.92 Å². The second-order valence-electron chi connectivity index (χ2n) is 9.23. The maximum Gasteiger partial charge on any atom is 0.341 e. The van der Waals surface area contributed by atoms with Crippen molar-refractivity contribution >= 4 is 21.7 Å². The van der Waals surface area contributed by atoms with E-state index in [1.165, 1.54) is 24.8 Å². The Balaban J connectivity index is 1.69. The zero-order valence-electron chi connectivity index (χ0n) is 20.8. The largest absolute Gasteiger partial charge is 0.492 e. The van der Waals surface area contributed by atoms with Crippen molar-refractivity contribution in [3.05, 3.63) is 53.1 Å². The van der Waals surface area contributed by atoms with Crippen molar-refractivity contribution in [3.8, 4) is 5.75 Å². The summed E-state index contributed by atoms with van der Waals surface area (Å²) in [5.41, 5.74) is 3.07. The summed E-state index contributed by atoms with van der Waals surface area (Å²) in [5, 5.41) is 0. The lowest BCUT2D eigenvalue weighted by molar-refractivity contribution is 0.0483. The number of aryl methyl sites for hydroxylation is 2. The summed E-state index contributed by atoms with van der Waals surface area (Å²) in [5.74, 6) is 0.0458. The van der Waals surface area contributed by atoms with Crippen LogP contribution in [0.5, 0.6) is 5.75 Å². The van der Waals surface area contributed by atoms with Crippen LogP contribution in [0.1, 0.15) is 61.0 Å². The maximum atomic E-state index is 14.0. The molecule has 2 aromatic rings. The van der Waals surface area contributed by atoms with Crippen molar-refractivity contribution in [2.75, 3.05) is 31.2 Å². The standard InChI is InChI=1S/C27H35NO6S/c1-4-19-6-10-25-21(16-19)7-8-22(5-2)28(25)35(30,31)23-9-11-26(24(17-23)27(29)32-3)34-18-20-12-14-33-15-13-20/h6,9-11,16-17,20,22H,4-5,7-8,12-15,18H2,1-3H3/t22-/m0/s1. The Morgan fingerprint density at radius 2 is 1.86 bits per heavy atom. The van der Waals surface area contributed by atoms with Crippen molar-refractivity contribution in [3.63, 3.8) is 0 Å². The van der Waals surface area contributed by atoms with Gasteiger partial charge in [0.05, 0.1) is 24.3 Å². The topological polar surface area (TPSA) is 82.1 Å². The summed E-state index contributed by atoms with van der Waals surface area (Å²) in [4.78, 5) is 12.7. The number of benzene rings is 2. The molecule has 1 saturated heterocycles. The zero-order chi connectivity index (χ0) is 25.0. The van der Waals surface area contributed by atoms with Gasteiger partial charge in [-0.3, -0.25) is 4.31 Å². The highest BCUT2D eigenvalue weighted by Gasteiger charge is 2.36. The van der Waals surface area contributed by atoms with Crippen LogP contribution in [-0.2, 0) is 32.3 Å². The Hall–Kier alpha value is -2.58. The van der Waals surface area contributed by atoms with E-state index in [0.29, 0.717) is 37.9 Å². The fourth-order valence-corrected chi connectivity index (χ4v) is 6.72. The summed E-state index contributed by atoms with van der Waals surface area (Å²) in [6.07, 6.45) is 4.99. The number of fused-ring (bicyclic) bond motifs is 1. The van der Waals surface area contributed by atoms with Crippen molar-refractivity contribution in [1.82, 2.24) is 0 Å². The highest BCUT2D eigenvalue weighted by atomic mass is 32.2. The average Bonchev–Trinajstić information content (AvgIpc) is 2.90. The number of ether oxygens (including phenoxy) is 3. The highest BCUT2D eigenvalue weighted by Crippen LogP contribution is 2.38. The summed E-state index contributed by atoms with van der Waals surface area (Å²) < 4.78 is 45.8. The minimum absolute atomic E-state index is 0.0576. The number of rotatable bonds is 8. The van der Waals surface area contributed by atoms with Crippen LogP contribution in [-0.4, -0.2) is 47.4 Å². The Labute approximate surface area is 208 Å². The fraction of sp³-hybridized carbons (Fsp3) is 0.519. The number of nitrogens with zero attached hydrogens (tertiary/aromatic N) is 1. The van der Waals surface area contributed by atoms with Gasteiger partial charge in [-0.05, 0) is 79.8 Å². The van der Waals surface area contributed by atoms with Crippen LogP contribution in [0.2, 0.25) is 0 Å². The minimum atomic E-state index is -3.92. The predicted molar refractivity (Wildman–Crippen MR) is 135 cm³/mol. The number of anilines is 1. The summed E-state index contributed by atoms with van der Waals surface area (Å²) in [6, 6.07) is 10.4. The van der Waals surface area contributed by atoms with E-state index >= 15 is 0 Å². The molecule has 0 bridgehead atoms. The number of hydrogen-bond acceptors (Lipinski definition) is 6. The van der Waals surface area contributed by atoms with Crippen molar-refractivity contribution < 1.29 is 27.4 Å².